The largest absolute Gasteiger partial charge is 0.266 e. The van der Waals surface area contributed by atoms with Crippen LogP contribution in [0.2, 0.25) is 5.02 Å². The molecule has 2 aromatic rings. The molecular weight excluding hydrogens is 282 g/mol. The SMILES string of the molecule is CS(=O)(=O)N(Cc1ccccc1Cl)c1ccccc1. The highest BCUT2D eigenvalue weighted by atomic mass is 35.5. The van der Waals surface area contributed by atoms with E-state index in [0.29, 0.717) is 10.7 Å². The molecule has 2 rings (SSSR count). The molecule has 19 heavy (non-hydrogen) atoms. The van der Waals surface area contributed by atoms with E-state index in [1.807, 2.05) is 24.3 Å². The Morgan fingerprint density at radius 3 is 2.16 bits per heavy atom. The van der Waals surface area contributed by atoms with Gasteiger partial charge in [-0.2, -0.15) is 0 Å². The molecular formula is C14H14ClNO2S. The van der Waals surface area contributed by atoms with Gasteiger partial charge in [0.25, 0.3) is 0 Å². The highest BCUT2D eigenvalue weighted by Gasteiger charge is 2.18. The van der Waals surface area contributed by atoms with Crippen LogP contribution in [0.3, 0.4) is 0 Å². The van der Waals surface area contributed by atoms with Gasteiger partial charge in [0.1, 0.15) is 0 Å². The van der Waals surface area contributed by atoms with Gasteiger partial charge in [0.15, 0.2) is 0 Å². The fraction of sp³-hybridized carbons (Fsp3) is 0.143. The Morgan fingerprint density at radius 1 is 1.00 bits per heavy atom. The van der Waals surface area contributed by atoms with Crippen LogP contribution in [-0.2, 0) is 16.6 Å². The van der Waals surface area contributed by atoms with E-state index < -0.39 is 10.0 Å². The third-order valence-corrected chi connectivity index (χ3v) is 4.23. The average molecular weight is 296 g/mol. The van der Waals surface area contributed by atoms with Crippen molar-refractivity contribution >= 4 is 27.3 Å². The van der Waals surface area contributed by atoms with Crippen LogP contribution in [0.4, 0.5) is 5.69 Å². The Bertz CT molecular complexity index is 656. The van der Waals surface area contributed by atoms with Crippen molar-refractivity contribution in [1.82, 2.24) is 0 Å². The molecule has 5 heteroatoms. The van der Waals surface area contributed by atoms with Gasteiger partial charge in [-0.3, -0.25) is 4.31 Å². The standard InChI is InChI=1S/C14H14ClNO2S/c1-19(17,18)16(13-8-3-2-4-9-13)11-12-7-5-6-10-14(12)15/h2-10H,11H2,1H3. The summed E-state index contributed by atoms with van der Waals surface area (Å²) in [5.74, 6) is 0. The molecule has 0 atom stereocenters. The maximum absolute atomic E-state index is 11.9. The van der Waals surface area contributed by atoms with Crippen molar-refractivity contribution in [2.45, 2.75) is 6.54 Å². The predicted octanol–water partition coefficient (Wildman–Crippen LogP) is 3.31. The molecule has 0 radical (unpaired) electrons. The topological polar surface area (TPSA) is 37.4 Å². The Balaban J connectivity index is 2.39. The fourth-order valence-electron chi connectivity index (χ4n) is 1.78. The number of halogens is 1. The third kappa shape index (κ3) is 3.49. The summed E-state index contributed by atoms with van der Waals surface area (Å²) in [6.45, 7) is 0.225. The van der Waals surface area contributed by atoms with Crippen molar-refractivity contribution in [3.8, 4) is 0 Å². The fourth-order valence-corrected chi connectivity index (χ4v) is 2.85. The minimum atomic E-state index is -3.36. The molecule has 0 spiro atoms. The normalized spacial score (nSPS) is 11.3. The van der Waals surface area contributed by atoms with Crippen molar-refractivity contribution in [3.63, 3.8) is 0 Å². The summed E-state index contributed by atoms with van der Waals surface area (Å²) in [4.78, 5) is 0. The average Bonchev–Trinajstić information content (AvgIpc) is 2.37. The van der Waals surface area contributed by atoms with Crippen LogP contribution in [0.5, 0.6) is 0 Å². The minimum Gasteiger partial charge on any atom is -0.266 e. The molecule has 0 unspecified atom stereocenters. The number of nitrogens with zero attached hydrogens (tertiary/aromatic N) is 1. The molecule has 0 aromatic heterocycles. The van der Waals surface area contributed by atoms with E-state index in [2.05, 4.69) is 0 Å². The van der Waals surface area contributed by atoms with Crippen molar-refractivity contribution < 1.29 is 8.42 Å². The van der Waals surface area contributed by atoms with Gasteiger partial charge in [-0.15, -0.1) is 0 Å². The van der Waals surface area contributed by atoms with Crippen molar-refractivity contribution in [2.24, 2.45) is 0 Å². The first-order chi connectivity index (χ1) is 8.98. The van der Waals surface area contributed by atoms with E-state index >= 15 is 0 Å². The van der Waals surface area contributed by atoms with Crippen LogP contribution < -0.4 is 4.31 Å². The van der Waals surface area contributed by atoms with Crippen LogP contribution >= 0.6 is 11.6 Å². The first-order valence-electron chi connectivity index (χ1n) is 5.74. The van der Waals surface area contributed by atoms with E-state index in [1.165, 1.54) is 10.6 Å². The lowest BCUT2D eigenvalue weighted by Gasteiger charge is -2.22. The van der Waals surface area contributed by atoms with E-state index in [-0.39, 0.29) is 6.54 Å². The number of hydrogen-bond donors (Lipinski definition) is 0. The zero-order valence-corrected chi connectivity index (χ0v) is 12.0. The molecule has 0 aliphatic heterocycles. The van der Waals surface area contributed by atoms with Crippen molar-refractivity contribution in [2.75, 3.05) is 10.6 Å². The molecule has 2 aromatic carbocycles. The van der Waals surface area contributed by atoms with E-state index in [9.17, 15) is 8.42 Å². The minimum absolute atomic E-state index is 0.225. The van der Waals surface area contributed by atoms with Crippen LogP contribution in [0.25, 0.3) is 0 Å². The molecule has 0 aliphatic rings. The number of hydrogen-bond acceptors (Lipinski definition) is 2. The maximum atomic E-state index is 11.9. The third-order valence-electron chi connectivity index (χ3n) is 2.72. The number of sulfonamides is 1. The Morgan fingerprint density at radius 2 is 1.58 bits per heavy atom. The van der Waals surface area contributed by atoms with Gasteiger partial charge < -0.3 is 0 Å². The summed E-state index contributed by atoms with van der Waals surface area (Å²) in [6, 6.07) is 16.2. The number of anilines is 1. The summed E-state index contributed by atoms with van der Waals surface area (Å²) in [7, 11) is -3.36. The van der Waals surface area contributed by atoms with E-state index in [4.69, 9.17) is 11.6 Å². The van der Waals surface area contributed by atoms with Gasteiger partial charge in [0.2, 0.25) is 10.0 Å². The van der Waals surface area contributed by atoms with Gasteiger partial charge in [-0.05, 0) is 23.8 Å². The number of para-hydroxylation sites is 1. The second kappa shape index (κ2) is 5.63. The van der Waals surface area contributed by atoms with Gasteiger partial charge >= 0.3 is 0 Å². The molecule has 0 N–H and O–H groups in total. The molecule has 100 valence electrons. The lowest BCUT2D eigenvalue weighted by atomic mass is 10.2. The first-order valence-corrected chi connectivity index (χ1v) is 7.97. The summed E-state index contributed by atoms with van der Waals surface area (Å²) >= 11 is 6.08. The van der Waals surface area contributed by atoms with Crippen molar-refractivity contribution in [3.05, 3.63) is 65.2 Å². The zero-order valence-electron chi connectivity index (χ0n) is 10.5. The van der Waals surface area contributed by atoms with Gasteiger partial charge in [-0.1, -0.05) is 48.0 Å². The monoisotopic (exact) mass is 295 g/mol. The second-order valence-electron chi connectivity index (χ2n) is 4.20. The smallest absolute Gasteiger partial charge is 0.232 e. The lowest BCUT2D eigenvalue weighted by Crippen LogP contribution is -2.29. The number of rotatable bonds is 4. The molecule has 0 amide bonds. The van der Waals surface area contributed by atoms with Crippen molar-refractivity contribution in [1.29, 1.82) is 0 Å². The molecule has 0 saturated carbocycles. The molecule has 0 aliphatic carbocycles. The molecule has 0 bridgehead atoms. The maximum Gasteiger partial charge on any atom is 0.232 e. The Labute approximate surface area is 118 Å². The molecule has 0 fully saturated rings. The van der Waals surface area contributed by atoms with Crippen LogP contribution in [0.15, 0.2) is 54.6 Å². The van der Waals surface area contributed by atoms with Crippen LogP contribution in [0, 0.1) is 0 Å². The Kier molecular flexibility index (Phi) is 4.12. The zero-order chi connectivity index (χ0) is 13.9. The highest BCUT2D eigenvalue weighted by Crippen LogP contribution is 2.23. The Hall–Kier alpha value is -1.52. The van der Waals surface area contributed by atoms with Gasteiger partial charge in [-0.25, -0.2) is 8.42 Å². The number of benzene rings is 2. The summed E-state index contributed by atoms with van der Waals surface area (Å²) in [5.41, 5.74) is 1.41. The molecule has 0 saturated heterocycles. The summed E-state index contributed by atoms with van der Waals surface area (Å²) in [6.07, 6.45) is 1.19. The molecule has 3 nitrogen and oxygen atoms in total. The highest BCUT2D eigenvalue weighted by molar-refractivity contribution is 7.92. The molecule has 0 heterocycles. The lowest BCUT2D eigenvalue weighted by molar-refractivity contribution is 0.596. The van der Waals surface area contributed by atoms with Crippen LogP contribution in [0.1, 0.15) is 5.56 Å². The predicted molar refractivity (Wildman–Crippen MR) is 78.9 cm³/mol. The second-order valence-corrected chi connectivity index (χ2v) is 6.51. The first kappa shape index (κ1) is 13.9. The quantitative estimate of drug-likeness (QED) is 0.868. The summed E-state index contributed by atoms with van der Waals surface area (Å²) in [5, 5.41) is 0.562. The summed E-state index contributed by atoms with van der Waals surface area (Å²) < 4.78 is 25.2. The van der Waals surface area contributed by atoms with Gasteiger partial charge in [0, 0.05) is 5.02 Å². The van der Waals surface area contributed by atoms with Crippen LogP contribution in [-0.4, -0.2) is 14.7 Å². The van der Waals surface area contributed by atoms with E-state index in [0.717, 1.165) is 5.56 Å². The van der Waals surface area contributed by atoms with Gasteiger partial charge in [0.05, 0.1) is 18.5 Å². The van der Waals surface area contributed by atoms with E-state index in [1.54, 1.807) is 30.3 Å².